The molecule has 0 saturated heterocycles. The summed E-state index contributed by atoms with van der Waals surface area (Å²) in [6.07, 6.45) is 71.0. The molecule has 0 fully saturated rings. The van der Waals surface area contributed by atoms with Gasteiger partial charge in [0.2, 0.25) is 0 Å². The van der Waals surface area contributed by atoms with Crippen LogP contribution in [0.25, 0.3) is 0 Å². The highest BCUT2D eigenvalue weighted by Crippen LogP contribution is 2.17. The van der Waals surface area contributed by atoms with Crippen LogP contribution in [0.1, 0.15) is 316 Å². The van der Waals surface area contributed by atoms with Gasteiger partial charge in [-0.1, -0.05) is 281 Å². The molecule has 0 unspecified atom stereocenters. The van der Waals surface area contributed by atoms with E-state index in [0.717, 1.165) is 83.5 Å². The standard InChI is InChI=1S/C63H114O6/c1-4-7-10-13-16-19-22-25-28-30-31-33-35-38-41-44-47-50-53-56-62(65)68-59-60(58-67-61(64)55-52-49-46-43-40-37-34-27-24-21-18-15-12-9-6-3)69-63(66)57-54-51-48-45-42-39-36-32-29-26-23-20-17-14-11-8-5-2/h16,19,25,28,31,33,38,41,60H,4-15,17-18,20-24,26-27,29-30,32,34-37,39-40,42-59H2,1-3H3/b19-16-,28-25-,33-31-,41-38-/t60-/m1/s1. The lowest BCUT2D eigenvalue weighted by Gasteiger charge is -2.18. The summed E-state index contributed by atoms with van der Waals surface area (Å²) in [6.45, 7) is 6.63. The van der Waals surface area contributed by atoms with Crippen LogP contribution in [0.4, 0.5) is 0 Å². The number of hydrogen-bond donors (Lipinski definition) is 0. The smallest absolute Gasteiger partial charge is 0.306 e. The number of rotatable bonds is 55. The van der Waals surface area contributed by atoms with Gasteiger partial charge in [0.1, 0.15) is 13.2 Å². The highest BCUT2D eigenvalue weighted by atomic mass is 16.6. The molecule has 0 N–H and O–H groups in total. The molecule has 0 heterocycles. The fraction of sp³-hybridized carbons (Fsp3) is 0.825. The number of ether oxygens (including phenoxy) is 3. The van der Waals surface area contributed by atoms with Crippen molar-refractivity contribution in [3.05, 3.63) is 48.6 Å². The minimum absolute atomic E-state index is 0.0787. The fourth-order valence-corrected chi connectivity index (χ4v) is 8.78. The van der Waals surface area contributed by atoms with E-state index in [-0.39, 0.29) is 31.1 Å². The Morgan fingerprint density at radius 1 is 0.290 bits per heavy atom. The molecule has 0 bridgehead atoms. The van der Waals surface area contributed by atoms with Crippen LogP contribution in [-0.4, -0.2) is 37.2 Å². The topological polar surface area (TPSA) is 78.9 Å². The number of hydrogen-bond acceptors (Lipinski definition) is 6. The van der Waals surface area contributed by atoms with Gasteiger partial charge in [0, 0.05) is 19.3 Å². The van der Waals surface area contributed by atoms with Gasteiger partial charge >= 0.3 is 17.9 Å². The Balaban J connectivity index is 4.39. The van der Waals surface area contributed by atoms with Crippen LogP contribution >= 0.6 is 0 Å². The predicted molar refractivity (Wildman–Crippen MR) is 298 cm³/mol. The van der Waals surface area contributed by atoms with Crippen molar-refractivity contribution < 1.29 is 28.6 Å². The summed E-state index contributed by atoms with van der Waals surface area (Å²) in [5, 5.41) is 0. The van der Waals surface area contributed by atoms with E-state index in [0.29, 0.717) is 19.3 Å². The highest BCUT2D eigenvalue weighted by molar-refractivity contribution is 5.71. The zero-order valence-electron chi connectivity index (χ0n) is 46.1. The molecular weight excluding hydrogens is 853 g/mol. The molecule has 6 heteroatoms. The quantitative estimate of drug-likeness (QED) is 0.0262. The van der Waals surface area contributed by atoms with Crippen LogP contribution in [0.15, 0.2) is 48.6 Å². The highest BCUT2D eigenvalue weighted by Gasteiger charge is 2.19. The Bertz CT molecular complexity index is 1200. The van der Waals surface area contributed by atoms with Crippen LogP contribution in [0.2, 0.25) is 0 Å². The fourth-order valence-electron chi connectivity index (χ4n) is 8.78. The largest absolute Gasteiger partial charge is 0.462 e. The first-order valence-corrected chi connectivity index (χ1v) is 30.1. The van der Waals surface area contributed by atoms with Gasteiger partial charge in [-0.2, -0.15) is 0 Å². The van der Waals surface area contributed by atoms with Gasteiger partial charge in [-0.3, -0.25) is 14.4 Å². The van der Waals surface area contributed by atoms with Crippen molar-refractivity contribution in [3.8, 4) is 0 Å². The summed E-state index contributed by atoms with van der Waals surface area (Å²) in [6, 6.07) is 0. The molecule has 69 heavy (non-hydrogen) atoms. The summed E-state index contributed by atoms with van der Waals surface area (Å²) in [4.78, 5) is 38.2. The van der Waals surface area contributed by atoms with E-state index in [1.165, 1.54) is 193 Å². The number of unbranched alkanes of at least 4 members (excludes halogenated alkanes) is 36. The molecule has 6 nitrogen and oxygen atoms in total. The predicted octanol–water partition coefficient (Wildman–Crippen LogP) is 20.2. The number of allylic oxidation sites excluding steroid dienone is 8. The van der Waals surface area contributed by atoms with Crippen LogP contribution in [0.3, 0.4) is 0 Å². The van der Waals surface area contributed by atoms with Crippen LogP contribution < -0.4 is 0 Å². The van der Waals surface area contributed by atoms with E-state index in [1.54, 1.807) is 0 Å². The van der Waals surface area contributed by atoms with Crippen molar-refractivity contribution in [1.29, 1.82) is 0 Å². The second kappa shape index (κ2) is 57.9. The molecule has 0 aromatic heterocycles. The van der Waals surface area contributed by atoms with Crippen molar-refractivity contribution in [2.24, 2.45) is 0 Å². The Morgan fingerprint density at radius 3 is 0.841 bits per heavy atom. The van der Waals surface area contributed by atoms with Crippen molar-refractivity contribution in [2.45, 2.75) is 322 Å². The third kappa shape index (κ3) is 56.2. The van der Waals surface area contributed by atoms with Crippen molar-refractivity contribution in [1.82, 2.24) is 0 Å². The molecule has 0 radical (unpaired) electrons. The Hall–Kier alpha value is -2.63. The summed E-state index contributed by atoms with van der Waals surface area (Å²) < 4.78 is 16.9. The van der Waals surface area contributed by atoms with Gasteiger partial charge in [-0.05, 0) is 64.2 Å². The SMILES string of the molecule is CCCCC/C=C\C/C=C\C/C=C\C/C=C\CCCCCC(=O)OC[C@@H](COC(=O)CCCCCCCCCCCCCCCCC)OC(=O)CCCCCCCCCCCCCCCCCCC. The maximum absolute atomic E-state index is 12.9. The average molecular weight is 968 g/mol. The summed E-state index contributed by atoms with van der Waals surface area (Å²) in [5.74, 6) is -0.891. The molecule has 0 amide bonds. The monoisotopic (exact) mass is 967 g/mol. The number of carbonyl (C=O) groups is 3. The molecule has 0 spiro atoms. The normalized spacial score (nSPS) is 12.3. The van der Waals surface area contributed by atoms with Crippen molar-refractivity contribution in [2.75, 3.05) is 13.2 Å². The molecule has 402 valence electrons. The van der Waals surface area contributed by atoms with Gasteiger partial charge in [0.25, 0.3) is 0 Å². The first kappa shape index (κ1) is 66.4. The third-order valence-electron chi connectivity index (χ3n) is 13.3. The lowest BCUT2D eigenvalue weighted by Crippen LogP contribution is -2.30. The zero-order chi connectivity index (χ0) is 50.0. The zero-order valence-corrected chi connectivity index (χ0v) is 46.1. The van der Waals surface area contributed by atoms with E-state index in [4.69, 9.17) is 14.2 Å². The van der Waals surface area contributed by atoms with Crippen LogP contribution in [-0.2, 0) is 28.6 Å². The third-order valence-corrected chi connectivity index (χ3v) is 13.3. The van der Waals surface area contributed by atoms with E-state index in [9.17, 15) is 14.4 Å². The first-order chi connectivity index (χ1) is 34.0. The van der Waals surface area contributed by atoms with E-state index in [1.807, 2.05) is 0 Å². The second-order valence-electron chi connectivity index (χ2n) is 20.3. The molecule has 0 rings (SSSR count). The summed E-state index contributed by atoms with van der Waals surface area (Å²) in [7, 11) is 0. The molecule has 0 aliphatic heterocycles. The van der Waals surface area contributed by atoms with E-state index in [2.05, 4.69) is 69.4 Å². The molecule has 0 aliphatic carbocycles. The second-order valence-corrected chi connectivity index (χ2v) is 20.3. The first-order valence-electron chi connectivity index (χ1n) is 30.1. The summed E-state index contributed by atoms with van der Waals surface area (Å²) in [5.41, 5.74) is 0. The minimum Gasteiger partial charge on any atom is -0.462 e. The van der Waals surface area contributed by atoms with Gasteiger partial charge < -0.3 is 14.2 Å². The Kier molecular flexibility index (Phi) is 55.7. The molecular formula is C63H114O6. The number of carbonyl (C=O) groups excluding carboxylic acids is 3. The molecule has 0 saturated carbocycles. The van der Waals surface area contributed by atoms with Crippen molar-refractivity contribution in [3.63, 3.8) is 0 Å². The van der Waals surface area contributed by atoms with E-state index < -0.39 is 6.10 Å². The van der Waals surface area contributed by atoms with Gasteiger partial charge in [0.05, 0.1) is 0 Å². The lowest BCUT2D eigenvalue weighted by atomic mass is 10.0. The van der Waals surface area contributed by atoms with Crippen molar-refractivity contribution >= 4 is 17.9 Å². The maximum atomic E-state index is 12.9. The van der Waals surface area contributed by atoms with Gasteiger partial charge in [-0.15, -0.1) is 0 Å². The van der Waals surface area contributed by atoms with Crippen LogP contribution in [0.5, 0.6) is 0 Å². The van der Waals surface area contributed by atoms with Gasteiger partial charge in [0.15, 0.2) is 6.10 Å². The average Bonchev–Trinajstić information content (AvgIpc) is 3.35. The Labute approximate surface area is 428 Å². The molecule has 1 atom stereocenters. The minimum atomic E-state index is -0.783. The maximum Gasteiger partial charge on any atom is 0.306 e. The Morgan fingerprint density at radius 2 is 0.522 bits per heavy atom. The van der Waals surface area contributed by atoms with Crippen LogP contribution in [0, 0.1) is 0 Å². The molecule has 0 aromatic rings. The van der Waals surface area contributed by atoms with Gasteiger partial charge in [-0.25, -0.2) is 0 Å². The molecule has 0 aliphatic rings. The lowest BCUT2D eigenvalue weighted by molar-refractivity contribution is -0.167. The summed E-state index contributed by atoms with van der Waals surface area (Å²) >= 11 is 0. The molecule has 0 aromatic carbocycles. The van der Waals surface area contributed by atoms with E-state index >= 15 is 0 Å². The number of esters is 3.